The molecule has 1 aliphatic rings. The van der Waals surface area contributed by atoms with Gasteiger partial charge in [0.15, 0.2) is 10.9 Å². The molecule has 1 aliphatic heterocycles. The summed E-state index contributed by atoms with van der Waals surface area (Å²) in [7, 11) is 0. The number of carbonyl (C=O) groups is 2. The number of carboxylic acid groups (broad SMARTS) is 1. The van der Waals surface area contributed by atoms with Gasteiger partial charge in [0, 0.05) is 19.0 Å². The number of hydrogen-bond donors (Lipinski definition) is 1. The Morgan fingerprint density at radius 1 is 1.45 bits per heavy atom. The monoisotopic (exact) mass is 297 g/mol. The van der Waals surface area contributed by atoms with Crippen molar-refractivity contribution < 1.29 is 19.1 Å². The summed E-state index contributed by atoms with van der Waals surface area (Å²) in [5, 5.41) is 9.51. The van der Waals surface area contributed by atoms with Gasteiger partial charge in [0.1, 0.15) is 0 Å². The van der Waals surface area contributed by atoms with Gasteiger partial charge >= 0.3 is 5.97 Å². The summed E-state index contributed by atoms with van der Waals surface area (Å²) in [4.78, 5) is 24.9. The standard InChI is InChI=1S/C14H19NO4S/c1-20-13-8-6-11(19-13)14(18)15-9-3-2-4-10(15)5-7-12(16)17/h6,8,10H,2-5,7,9H2,1H3,(H,16,17). The highest BCUT2D eigenvalue weighted by Gasteiger charge is 2.29. The van der Waals surface area contributed by atoms with Crippen LogP contribution in [0.5, 0.6) is 0 Å². The van der Waals surface area contributed by atoms with Gasteiger partial charge in [-0.15, -0.1) is 0 Å². The van der Waals surface area contributed by atoms with E-state index in [-0.39, 0.29) is 18.4 Å². The van der Waals surface area contributed by atoms with Crippen LogP contribution in [-0.4, -0.2) is 40.7 Å². The quantitative estimate of drug-likeness (QED) is 0.846. The van der Waals surface area contributed by atoms with Crippen LogP contribution in [0.2, 0.25) is 0 Å². The summed E-state index contributed by atoms with van der Waals surface area (Å²) in [5.41, 5.74) is 0. The van der Waals surface area contributed by atoms with Crippen molar-refractivity contribution in [2.75, 3.05) is 12.8 Å². The second-order valence-corrected chi connectivity index (χ2v) is 5.71. The molecule has 6 heteroatoms. The number of thioether (sulfide) groups is 1. The molecule has 2 rings (SSSR count). The molecule has 0 aromatic carbocycles. The van der Waals surface area contributed by atoms with E-state index >= 15 is 0 Å². The van der Waals surface area contributed by atoms with Gasteiger partial charge in [-0.1, -0.05) is 11.8 Å². The zero-order valence-corrected chi connectivity index (χ0v) is 12.3. The molecule has 1 N–H and O–H groups in total. The minimum Gasteiger partial charge on any atom is -0.481 e. The van der Waals surface area contributed by atoms with E-state index in [1.807, 2.05) is 6.26 Å². The van der Waals surface area contributed by atoms with Crippen LogP contribution in [0, 0.1) is 0 Å². The lowest BCUT2D eigenvalue weighted by molar-refractivity contribution is -0.137. The van der Waals surface area contributed by atoms with Gasteiger partial charge in [-0.25, -0.2) is 0 Å². The van der Waals surface area contributed by atoms with E-state index in [2.05, 4.69) is 0 Å². The van der Waals surface area contributed by atoms with Crippen molar-refractivity contribution in [1.29, 1.82) is 0 Å². The lowest BCUT2D eigenvalue weighted by Gasteiger charge is -2.35. The van der Waals surface area contributed by atoms with Gasteiger partial charge in [-0.05, 0) is 44.1 Å². The molecule has 0 aliphatic carbocycles. The number of piperidine rings is 1. The molecule has 1 unspecified atom stereocenters. The third-order valence-electron chi connectivity index (χ3n) is 3.57. The number of nitrogens with zero attached hydrogens (tertiary/aromatic N) is 1. The molecule has 1 atom stereocenters. The van der Waals surface area contributed by atoms with Crippen LogP contribution in [0.1, 0.15) is 42.7 Å². The van der Waals surface area contributed by atoms with E-state index in [0.717, 1.165) is 19.3 Å². The largest absolute Gasteiger partial charge is 0.481 e. The molecule has 110 valence electrons. The summed E-state index contributed by atoms with van der Waals surface area (Å²) >= 11 is 1.45. The predicted molar refractivity (Wildman–Crippen MR) is 76.0 cm³/mol. The number of amides is 1. The van der Waals surface area contributed by atoms with Crippen molar-refractivity contribution in [1.82, 2.24) is 4.90 Å². The Hall–Kier alpha value is -1.43. The van der Waals surface area contributed by atoms with Crippen LogP contribution >= 0.6 is 11.8 Å². The third-order valence-corrected chi connectivity index (χ3v) is 4.19. The maximum absolute atomic E-state index is 12.5. The second-order valence-electron chi connectivity index (χ2n) is 4.90. The van der Waals surface area contributed by atoms with Crippen molar-refractivity contribution in [3.05, 3.63) is 17.9 Å². The Labute approximate surface area is 122 Å². The molecule has 1 fully saturated rings. The Kier molecular flexibility index (Phi) is 5.11. The van der Waals surface area contributed by atoms with Gasteiger partial charge in [0.05, 0.1) is 0 Å². The molecule has 0 saturated carbocycles. The van der Waals surface area contributed by atoms with Crippen molar-refractivity contribution in [2.45, 2.75) is 43.2 Å². The van der Waals surface area contributed by atoms with Crippen LogP contribution in [-0.2, 0) is 4.79 Å². The van der Waals surface area contributed by atoms with Gasteiger partial charge < -0.3 is 14.4 Å². The molecule has 1 aromatic rings. The fourth-order valence-electron chi connectivity index (χ4n) is 2.54. The summed E-state index contributed by atoms with van der Waals surface area (Å²) in [6, 6.07) is 3.49. The number of rotatable bonds is 5. The zero-order chi connectivity index (χ0) is 14.5. The topological polar surface area (TPSA) is 70.8 Å². The van der Waals surface area contributed by atoms with E-state index in [9.17, 15) is 9.59 Å². The number of furan rings is 1. The molecule has 1 saturated heterocycles. The molecule has 1 aromatic heterocycles. The first kappa shape index (κ1) is 15.0. The fraction of sp³-hybridized carbons (Fsp3) is 0.571. The number of likely N-dealkylation sites (tertiary alicyclic amines) is 1. The predicted octanol–water partition coefficient (Wildman–Crippen LogP) is 2.86. The van der Waals surface area contributed by atoms with Crippen molar-refractivity contribution in [3.63, 3.8) is 0 Å². The van der Waals surface area contributed by atoms with Gasteiger partial charge in [-0.2, -0.15) is 0 Å². The van der Waals surface area contributed by atoms with Gasteiger partial charge in [0.25, 0.3) is 5.91 Å². The molecule has 2 heterocycles. The smallest absolute Gasteiger partial charge is 0.303 e. The highest BCUT2D eigenvalue weighted by molar-refractivity contribution is 7.98. The number of hydrogen-bond acceptors (Lipinski definition) is 4. The number of aliphatic carboxylic acids is 1. The third kappa shape index (κ3) is 3.56. The zero-order valence-electron chi connectivity index (χ0n) is 11.5. The molecule has 5 nitrogen and oxygen atoms in total. The lowest BCUT2D eigenvalue weighted by Crippen LogP contribution is -2.43. The van der Waals surface area contributed by atoms with Crippen molar-refractivity contribution >= 4 is 23.6 Å². The van der Waals surface area contributed by atoms with E-state index in [4.69, 9.17) is 9.52 Å². The minimum atomic E-state index is -0.814. The highest BCUT2D eigenvalue weighted by atomic mass is 32.2. The fourth-order valence-corrected chi connectivity index (χ4v) is 2.92. The average molecular weight is 297 g/mol. The van der Waals surface area contributed by atoms with Gasteiger partial charge in [-0.3, -0.25) is 9.59 Å². The summed E-state index contributed by atoms with van der Waals surface area (Å²) in [6.07, 6.45) is 5.38. The number of carbonyl (C=O) groups excluding carboxylic acids is 1. The van der Waals surface area contributed by atoms with Crippen LogP contribution < -0.4 is 0 Å². The first-order valence-electron chi connectivity index (χ1n) is 6.78. The molecule has 1 amide bonds. The highest BCUT2D eigenvalue weighted by Crippen LogP contribution is 2.25. The minimum absolute atomic E-state index is 0.00943. The first-order chi connectivity index (χ1) is 9.61. The van der Waals surface area contributed by atoms with Crippen LogP contribution in [0.15, 0.2) is 21.6 Å². The summed E-state index contributed by atoms with van der Waals surface area (Å²) in [5.74, 6) is -0.595. The van der Waals surface area contributed by atoms with E-state index in [1.54, 1.807) is 17.0 Å². The Bertz CT molecular complexity index is 485. The normalized spacial score (nSPS) is 19.1. The lowest BCUT2D eigenvalue weighted by atomic mass is 9.97. The molecular formula is C14H19NO4S. The maximum Gasteiger partial charge on any atom is 0.303 e. The van der Waals surface area contributed by atoms with E-state index in [1.165, 1.54) is 11.8 Å². The van der Waals surface area contributed by atoms with E-state index < -0.39 is 5.97 Å². The SMILES string of the molecule is CSc1ccc(C(=O)N2CCCCC2CCC(=O)O)o1. The van der Waals surface area contributed by atoms with Crippen LogP contribution in [0.25, 0.3) is 0 Å². The molecule has 0 bridgehead atoms. The van der Waals surface area contributed by atoms with Crippen molar-refractivity contribution in [2.24, 2.45) is 0 Å². The van der Waals surface area contributed by atoms with Crippen LogP contribution in [0.4, 0.5) is 0 Å². The average Bonchev–Trinajstić information content (AvgIpc) is 2.93. The molecule has 20 heavy (non-hydrogen) atoms. The Morgan fingerprint density at radius 3 is 2.90 bits per heavy atom. The van der Waals surface area contributed by atoms with E-state index in [0.29, 0.717) is 23.8 Å². The molecule has 0 radical (unpaired) electrons. The number of carboxylic acids is 1. The molecular weight excluding hydrogens is 278 g/mol. The van der Waals surface area contributed by atoms with Crippen LogP contribution in [0.3, 0.4) is 0 Å². The Morgan fingerprint density at radius 2 is 2.25 bits per heavy atom. The molecule has 0 spiro atoms. The summed E-state index contributed by atoms with van der Waals surface area (Å²) in [6.45, 7) is 0.679. The Balaban J connectivity index is 2.06. The van der Waals surface area contributed by atoms with Gasteiger partial charge in [0.2, 0.25) is 0 Å². The van der Waals surface area contributed by atoms with Crippen molar-refractivity contribution in [3.8, 4) is 0 Å². The second kappa shape index (κ2) is 6.83. The maximum atomic E-state index is 12.5. The first-order valence-corrected chi connectivity index (χ1v) is 8.01. The summed E-state index contributed by atoms with van der Waals surface area (Å²) < 4.78 is 5.48.